The van der Waals surface area contributed by atoms with E-state index in [9.17, 15) is 5.11 Å². The molecule has 2 N–H and O–H groups in total. The smallest absolute Gasteiger partial charge is 0.141 e. The summed E-state index contributed by atoms with van der Waals surface area (Å²) in [4.78, 5) is 5.23. The second kappa shape index (κ2) is 12.5. The Bertz CT molecular complexity index is 1410. The normalized spacial score (nSPS) is 10.6. The molecule has 1 heterocycles. The molecule has 0 saturated carbocycles. The predicted molar refractivity (Wildman–Crippen MR) is 145 cm³/mol. The molecule has 36 heavy (non-hydrogen) atoms. The number of nitrogens with zero attached hydrogens (tertiary/aromatic N) is 2. The van der Waals surface area contributed by atoms with E-state index in [2.05, 4.69) is 89.6 Å². The van der Waals surface area contributed by atoms with Crippen molar-refractivity contribution in [1.82, 2.24) is 9.55 Å². The molecule has 4 nitrogen and oxygen atoms in total. The standard InChI is InChI=1S/C31H29N3O.Ac/c1-2-32-26-17-11-16-25(22-26)27-18-9-10-19-28(27)31-33-29(23-12-5-3-6-13-23)30(34(31)20-21-35)24-14-7-4-8-15-24;/h3-19,22,32,35H,2,20-21H2,1H3;. The fourth-order valence-corrected chi connectivity index (χ4v) is 4.59. The van der Waals surface area contributed by atoms with Gasteiger partial charge in [-0.1, -0.05) is 97.1 Å². The number of imidazole rings is 1. The van der Waals surface area contributed by atoms with Gasteiger partial charge < -0.3 is 15.0 Å². The van der Waals surface area contributed by atoms with Gasteiger partial charge in [0.15, 0.2) is 0 Å². The summed E-state index contributed by atoms with van der Waals surface area (Å²) in [6, 6.07) is 37.4. The number of anilines is 1. The van der Waals surface area contributed by atoms with Crippen LogP contribution < -0.4 is 5.32 Å². The second-order valence-corrected chi connectivity index (χ2v) is 8.40. The average molecular weight is 687 g/mol. The third-order valence-corrected chi connectivity index (χ3v) is 6.11. The van der Waals surface area contributed by atoms with E-state index >= 15 is 0 Å². The third-order valence-electron chi connectivity index (χ3n) is 6.11. The molecule has 5 aromatic rings. The van der Waals surface area contributed by atoms with Crippen molar-refractivity contribution in [3.63, 3.8) is 0 Å². The molecule has 1 aromatic heterocycles. The van der Waals surface area contributed by atoms with Gasteiger partial charge in [-0.2, -0.15) is 0 Å². The molecule has 0 bridgehead atoms. The second-order valence-electron chi connectivity index (χ2n) is 8.40. The van der Waals surface area contributed by atoms with Gasteiger partial charge in [0.2, 0.25) is 0 Å². The molecule has 0 aliphatic rings. The van der Waals surface area contributed by atoms with Crippen LogP contribution in [0.3, 0.4) is 0 Å². The summed E-state index contributed by atoms with van der Waals surface area (Å²) in [5.41, 5.74) is 8.41. The van der Waals surface area contributed by atoms with Gasteiger partial charge in [-0.05, 0) is 30.2 Å². The van der Waals surface area contributed by atoms with Crippen LogP contribution in [0.5, 0.6) is 0 Å². The zero-order valence-corrected chi connectivity index (χ0v) is 25.2. The molecular formula is C31H29AcN3O. The summed E-state index contributed by atoms with van der Waals surface area (Å²) in [7, 11) is 0. The maximum atomic E-state index is 10.1. The minimum absolute atomic E-state index is 0. The maximum Gasteiger partial charge on any atom is 0.141 e. The zero-order chi connectivity index (χ0) is 24.0. The van der Waals surface area contributed by atoms with Crippen LogP contribution in [0, 0.1) is 44.1 Å². The van der Waals surface area contributed by atoms with Crippen molar-refractivity contribution < 1.29 is 49.2 Å². The molecule has 0 aliphatic carbocycles. The molecule has 4 aromatic carbocycles. The SMILES string of the molecule is CCNc1cccc(-c2ccccc2-c2nc(-c3ccccc3)c(-c3ccccc3)n2CCO)c1.[Ac]. The Labute approximate surface area is 248 Å². The van der Waals surface area contributed by atoms with Crippen LogP contribution in [0.4, 0.5) is 5.69 Å². The third kappa shape index (κ3) is 5.49. The van der Waals surface area contributed by atoms with Gasteiger partial charge in [-0.25, -0.2) is 4.98 Å². The molecule has 0 saturated heterocycles. The Balaban J connectivity index is 0.00000304. The Morgan fingerprint density at radius 2 is 1.33 bits per heavy atom. The molecular weight excluding hydrogens is 657 g/mol. The predicted octanol–water partition coefficient (Wildman–Crippen LogP) is 6.98. The van der Waals surface area contributed by atoms with Crippen LogP contribution in [0.2, 0.25) is 0 Å². The summed E-state index contributed by atoms with van der Waals surface area (Å²) in [6.07, 6.45) is 0. The maximum absolute atomic E-state index is 10.1. The molecule has 0 aliphatic heterocycles. The molecule has 0 unspecified atom stereocenters. The summed E-state index contributed by atoms with van der Waals surface area (Å²) in [5.74, 6) is 0.848. The molecule has 5 heteroatoms. The van der Waals surface area contributed by atoms with Crippen molar-refractivity contribution in [3.8, 4) is 45.0 Å². The molecule has 0 spiro atoms. The Hall–Kier alpha value is -2.71. The number of aliphatic hydroxyl groups is 1. The number of benzene rings is 4. The van der Waals surface area contributed by atoms with E-state index in [1.165, 1.54) is 0 Å². The molecule has 0 fully saturated rings. The summed E-state index contributed by atoms with van der Waals surface area (Å²) in [6.45, 7) is 3.44. The van der Waals surface area contributed by atoms with E-state index in [1.54, 1.807) is 0 Å². The molecule has 0 atom stereocenters. The minimum atomic E-state index is 0. The van der Waals surface area contributed by atoms with Gasteiger partial charge in [0.05, 0.1) is 18.0 Å². The van der Waals surface area contributed by atoms with Gasteiger partial charge in [-0.15, -0.1) is 0 Å². The van der Waals surface area contributed by atoms with Crippen LogP contribution in [0.25, 0.3) is 45.0 Å². The van der Waals surface area contributed by atoms with Crippen LogP contribution in [0.1, 0.15) is 6.92 Å². The summed E-state index contributed by atoms with van der Waals surface area (Å²) in [5, 5.41) is 13.5. The Morgan fingerprint density at radius 1 is 0.722 bits per heavy atom. The van der Waals surface area contributed by atoms with Gasteiger partial charge in [0.25, 0.3) is 0 Å². The average Bonchev–Trinajstić information content (AvgIpc) is 3.29. The quantitative estimate of drug-likeness (QED) is 0.186. The first-order valence-electron chi connectivity index (χ1n) is 12.1. The van der Waals surface area contributed by atoms with Crippen LogP contribution in [-0.4, -0.2) is 27.8 Å². The van der Waals surface area contributed by atoms with Crippen molar-refractivity contribution in [1.29, 1.82) is 0 Å². The van der Waals surface area contributed by atoms with E-state index in [1.807, 2.05) is 36.4 Å². The van der Waals surface area contributed by atoms with E-state index in [-0.39, 0.29) is 50.7 Å². The topological polar surface area (TPSA) is 50.1 Å². The fourth-order valence-electron chi connectivity index (χ4n) is 4.59. The Morgan fingerprint density at radius 3 is 2.00 bits per heavy atom. The number of nitrogens with one attached hydrogen (secondary N) is 1. The number of hydrogen-bond acceptors (Lipinski definition) is 3. The molecule has 1 radical (unpaired) electrons. The van der Waals surface area contributed by atoms with Crippen molar-refractivity contribution >= 4 is 5.69 Å². The van der Waals surface area contributed by atoms with Crippen LogP contribution in [0.15, 0.2) is 109 Å². The molecule has 177 valence electrons. The van der Waals surface area contributed by atoms with Gasteiger partial charge in [0.1, 0.15) is 5.82 Å². The fraction of sp³-hybridized carbons (Fsp3) is 0.129. The van der Waals surface area contributed by atoms with Crippen molar-refractivity contribution in [3.05, 3.63) is 109 Å². The Kier molecular flexibility index (Phi) is 9.15. The summed E-state index contributed by atoms with van der Waals surface area (Å²) < 4.78 is 2.16. The summed E-state index contributed by atoms with van der Waals surface area (Å²) >= 11 is 0. The first-order valence-corrected chi connectivity index (χ1v) is 12.1. The van der Waals surface area contributed by atoms with Crippen molar-refractivity contribution in [2.75, 3.05) is 18.5 Å². The van der Waals surface area contributed by atoms with Gasteiger partial charge in [-0.3, -0.25) is 0 Å². The number of rotatable bonds is 8. The number of aliphatic hydroxyl groups excluding tert-OH is 1. The van der Waals surface area contributed by atoms with E-state index in [0.29, 0.717) is 6.54 Å². The first-order chi connectivity index (χ1) is 17.3. The monoisotopic (exact) mass is 686 g/mol. The van der Waals surface area contributed by atoms with Gasteiger partial charge >= 0.3 is 0 Å². The first kappa shape index (κ1) is 26.4. The molecule has 5 rings (SSSR count). The van der Waals surface area contributed by atoms with Gasteiger partial charge in [0, 0.05) is 79.5 Å². The van der Waals surface area contributed by atoms with Crippen LogP contribution in [-0.2, 0) is 6.54 Å². The number of aromatic nitrogens is 2. The largest absolute Gasteiger partial charge is 0.395 e. The van der Waals surface area contributed by atoms with E-state index in [4.69, 9.17) is 4.98 Å². The van der Waals surface area contributed by atoms with Crippen molar-refractivity contribution in [2.45, 2.75) is 13.5 Å². The number of hydrogen-bond donors (Lipinski definition) is 2. The van der Waals surface area contributed by atoms with Crippen molar-refractivity contribution in [2.24, 2.45) is 0 Å². The van der Waals surface area contributed by atoms with Crippen LogP contribution >= 0.6 is 0 Å². The zero-order valence-electron chi connectivity index (χ0n) is 20.4. The molecule has 0 amide bonds. The van der Waals surface area contributed by atoms with E-state index < -0.39 is 0 Å². The van der Waals surface area contributed by atoms with E-state index in [0.717, 1.165) is 57.3 Å². The minimum Gasteiger partial charge on any atom is -0.395 e.